The highest BCUT2D eigenvalue weighted by Gasteiger charge is 2.35. The fourth-order valence-corrected chi connectivity index (χ4v) is 2.04. The molecule has 0 aromatic rings. The zero-order chi connectivity index (χ0) is 6.86. The first kappa shape index (κ1) is 9.30. The highest BCUT2D eigenvalue weighted by molar-refractivity contribution is 5.85. The van der Waals surface area contributed by atoms with E-state index in [0.29, 0.717) is 5.41 Å². The average molecular weight is 178 g/mol. The van der Waals surface area contributed by atoms with Crippen LogP contribution < -0.4 is 5.32 Å². The van der Waals surface area contributed by atoms with Crippen LogP contribution >= 0.6 is 12.4 Å². The van der Waals surface area contributed by atoms with Gasteiger partial charge in [-0.2, -0.15) is 0 Å². The zero-order valence-electron chi connectivity index (χ0n) is 6.77. The second kappa shape index (κ2) is 3.74. The SMILES string of the molecule is C1COCC2(C1)CCNC2.Cl. The number of halogens is 1. The molecule has 0 radical (unpaired) electrons. The number of rotatable bonds is 0. The second-order valence-corrected chi connectivity index (χ2v) is 3.58. The summed E-state index contributed by atoms with van der Waals surface area (Å²) in [6.45, 7) is 4.37. The molecule has 3 heteroatoms. The van der Waals surface area contributed by atoms with Crippen molar-refractivity contribution in [2.45, 2.75) is 19.3 Å². The van der Waals surface area contributed by atoms with E-state index in [-0.39, 0.29) is 12.4 Å². The number of hydrogen-bond acceptors (Lipinski definition) is 2. The molecule has 66 valence electrons. The van der Waals surface area contributed by atoms with Gasteiger partial charge in [0.05, 0.1) is 6.61 Å². The lowest BCUT2D eigenvalue weighted by molar-refractivity contribution is 0.00347. The summed E-state index contributed by atoms with van der Waals surface area (Å²) >= 11 is 0. The van der Waals surface area contributed by atoms with Gasteiger partial charge in [-0.25, -0.2) is 0 Å². The highest BCUT2D eigenvalue weighted by Crippen LogP contribution is 2.33. The Morgan fingerprint density at radius 1 is 1.27 bits per heavy atom. The molecule has 0 aromatic heterocycles. The summed E-state index contributed by atoms with van der Waals surface area (Å²) in [6.07, 6.45) is 3.97. The first-order valence-corrected chi connectivity index (χ1v) is 4.20. The lowest BCUT2D eigenvalue weighted by Gasteiger charge is -2.31. The summed E-state index contributed by atoms with van der Waals surface area (Å²) in [5.74, 6) is 0. The Hall–Kier alpha value is 0.210. The van der Waals surface area contributed by atoms with Gasteiger partial charge in [-0.1, -0.05) is 0 Å². The van der Waals surface area contributed by atoms with Crippen LogP contribution in [0.2, 0.25) is 0 Å². The van der Waals surface area contributed by atoms with Gasteiger partial charge in [0.1, 0.15) is 0 Å². The normalized spacial score (nSPS) is 37.1. The molecule has 1 atom stereocenters. The van der Waals surface area contributed by atoms with Gasteiger partial charge >= 0.3 is 0 Å². The van der Waals surface area contributed by atoms with Crippen LogP contribution in [0, 0.1) is 5.41 Å². The Balaban J connectivity index is 0.000000605. The highest BCUT2D eigenvalue weighted by atomic mass is 35.5. The first-order chi connectivity index (χ1) is 4.91. The molecule has 0 bridgehead atoms. The van der Waals surface area contributed by atoms with Gasteiger partial charge in [-0.05, 0) is 25.8 Å². The third kappa shape index (κ3) is 1.86. The Bertz CT molecular complexity index is 115. The molecular formula is C8H16ClNO. The van der Waals surface area contributed by atoms with Crippen molar-refractivity contribution in [2.75, 3.05) is 26.3 Å². The van der Waals surface area contributed by atoms with E-state index >= 15 is 0 Å². The predicted octanol–water partition coefficient (Wildman–Crippen LogP) is 1.20. The van der Waals surface area contributed by atoms with Gasteiger partial charge in [0.15, 0.2) is 0 Å². The first-order valence-electron chi connectivity index (χ1n) is 4.20. The van der Waals surface area contributed by atoms with Crippen molar-refractivity contribution in [3.8, 4) is 0 Å². The summed E-state index contributed by atoms with van der Waals surface area (Å²) in [4.78, 5) is 0. The summed E-state index contributed by atoms with van der Waals surface area (Å²) in [5.41, 5.74) is 0.540. The van der Waals surface area contributed by atoms with Gasteiger partial charge in [0.25, 0.3) is 0 Å². The number of nitrogens with one attached hydrogen (secondary N) is 1. The van der Waals surface area contributed by atoms with Crippen LogP contribution in [0.1, 0.15) is 19.3 Å². The molecule has 1 N–H and O–H groups in total. The molecule has 2 fully saturated rings. The fourth-order valence-electron chi connectivity index (χ4n) is 2.04. The van der Waals surface area contributed by atoms with Gasteiger partial charge in [0, 0.05) is 18.6 Å². The minimum absolute atomic E-state index is 0. The molecule has 2 saturated heterocycles. The van der Waals surface area contributed by atoms with Gasteiger partial charge in [0.2, 0.25) is 0 Å². The molecule has 0 aromatic carbocycles. The largest absolute Gasteiger partial charge is 0.381 e. The average Bonchev–Trinajstić information content (AvgIpc) is 2.39. The van der Waals surface area contributed by atoms with Gasteiger partial charge in [-0.15, -0.1) is 12.4 Å². The van der Waals surface area contributed by atoms with Gasteiger partial charge in [-0.3, -0.25) is 0 Å². The van der Waals surface area contributed by atoms with E-state index in [4.69, 9.17) is 4.74 Å². The van der Waals surface area contributed by atoms with Crippen molar-refractivity contribution in [3.63, 3.8) is 0 Å². The third-order valence-electron chi connectivity index (χ3n) is 2.74. The van der Waals surface area contributed by atoms with Gasteiger partial charge < -0.3 is 10.1 Å². The molecule has 2 rings (SSSR count). The van der Waals surface area contributed by atoms with Crippen molar-refractivity contribution < 1.29 is 4.74 Å². The lowest BCUT2D eigenvalue weighted by Crippen LogP contribution is -2.33. The maximum atomic E-state index is 5.47. The van der Waals surface area contributed by atoms with E-state index in [0.717, 1.165) is 13.2 Å². The molecule has 1 spiro atoms. The van der Waals surface area contributed by atoms with E-state index in [2.05, 4.69) is 5.32 Å². The minimum Gasteiger partial charge on any atom is -0.381 e. The van der Waals surface area contributed by atoms with Crippen LogP contribution in [0.15, 0.2) is 0 Å². The third-order valence-corrected chi connectivity index (χ3v) is 2.74. The van der Waals surface area contributed by atoms with Crippen molar-refractivity contribution in [3.05, 3.63) is 0 Å². The molecule has 0 saturated carbocycles. The fraction of sp³-hybridized carbons (Fsp3) is 1.00. The maximum Gasteiger partial charge on any atom is 0.0535 e. The smallest absolute Gasteiger partial charge is 0.0535 e. The monoisotopic (exact) mass is 177 g/mol. The Morgan fingerprint density at radius 2 is 2.18 bits per heavy atom. The summed E-state index contributed by atoms with van der Waals surface area (Å²) in [7, 11) is 0. The standard InChI is InChI=1S/C8H15NO.ClH/c1-2-8(7-10-5-1)3-4-9-6-8;/h9H,1-7H2;1H. The van der Waals surface area contributed by atoms with Crippen LogP contribution in [0.5, 0.6) is 0 Å². The summed E-state index contributed by atoms with van der Waals surface area (Å²) in [6, 6.07) is 0. The summed E-state index contributed by atoms with van der Waals surface area (Å²) < 4.78 is 5.47. The van der Waals surface area contributed by atoms with Crippen molar-refractivity contribution >= 4 is 12.4 Å². The molecule has 2 aliphatic rings. The Labute approximate surface area is 74.1 Å². The molecule has 0 aliphatic carbocycles. The molecule has 2 nitrogen and oxygen atoms in total. The summed E-state index contributed by atoms with van der Waals surface area (Å²) in [5, 5.41) is 3.40. The molecular weight excluding hydrogens is 162 g/mol. The Kier molecular flexibility index (Phi) is 3.16. The molecule has 2 aliphatic heterocycles. The van der Waals surface area contributed by atoms with E-state index in [1.54, 1.807) is 0 Å². The zero-order valence-corrected chi connectivity index (χ0v) is 7.58. The molecule has 1 unspecified atom stereocenters. The molecule has 2 heterocycles. The van der Waals surface area contributed by atoms with E-state index in [9.17, 15) is 0 Å². The topological polar surface area (TPSA) is 21.3 Å². The minimum atomic E-state index is 0. The number of ether oxygens (including phenoxy) is 1. The lowest BCUT2D eigenvalue weighted by atomic mass is 9.82. The van der Waals surface area contributed by atoms with E-state index in [1.165, 1.54) is 32.4 Å². The Morgan fingerprint density at radius 3 is 2.73 bits per heavy atom. The van der Waals surface area contributed by atoms with E-state index in [1.807, 2.05) is 0 Å². The predicted molar refractivity (Wildman–Crippen MR) is 47.2 cm³/mol. The quantitative estimate of drug-likeness (QED) is 0.601. The van der Waals surface area contributed by atoms with Crippen molar-refractivity contribution in [2.24, 2.45) is 5.41 Å². The van der Waals surface area contributed by atoms with Crippen LogP contribution in [0.25, 0.3) is 0 Å². The van der Waals surface area contributed by atoms with Crippen molar-refractivity contribution in [1.29, 1.82) is 0 Å². The van der Waals surface area contributed by atoms with Crippen LogP contribution in [-0.4, -0.2) is 26.3 Å². The van der Waals surface area contributed by atoms with E-state index < -0.39 is 0 Å². The van der Waals surface area contributed by atoms with Crippen LogP contribution in [0.4, 0.5) is 0 Å². The van der Waals surface area contributed by atoms with Crippen LogP contribution in [0.3, 0.4) is 0 Å². The van der Waals surface area contributed by atoms with Crippen LogP contribution in [-0.2, 0) is 4.74 Å². The maximum absolute atomic E-state index is 5.47. The molecule has 11 heavy (non-hydrogen) atoms. The van der Waals surface area contributed by atoms with Crippen molar-refractivity contribution in [1.82, 2.24) is 5.32 Å². The molecule has 0 amide bonds. The second-order valence-electron chi connectivity index (χ2n) is 3.58. The number of hydrogen-bond donors (Lipinski definition) is 1.